The summed E-state index contributed by atoms with van der Waals surface area (Å²) in [5, 5.41) is 17.1. The predicted octanol–water partition coefficient (Wildman–Crippen LogP) is 8.69. The Labute approximate surface area is 363 Å². The SMILES string of the molecule is [2H]C(CBr)=C(C)C.[2H]C(CO)=C(C)C.[2H]C(C[P+](c1ccccc1)(c1ccccc1)c1ccccc1)=C(C)C.[Br-].c1ccc(P(c2ccccc2)c2ccccc2)cc1. The van der Waals surface area contributed by atoms with Gasteiger partial charge in [-0.25, -0.2) is 0 Å². The standard InChI is InChI=1S/C23H24P.C18H15P.C5H9Br.C5H10O.BrH/c1-20(2)18-19-24(21-12-6-3-7-13-21,22-14-8-4-9-15-22)23-16-10-5-11-17-23;1-4-10-16(11-5-1)19(17-12-6-2-7-13-17)18-14-8-3-9-15-18;2*1-5(2)3-4-6;/h3-18H,19H2,1-2H3;1-15H;3H,4H2,1-2H3;3,6H,4H2,1-2H3;1H/q+1;;;;/p-1/i18D;;2*3D;. The topological polar surface area (TPSA) is 20.2 Å². The molecule has 0 aliphatic carbocycles. The molecular weight excluding hydrogens is 850 g/mol. The van der Waals surface area contributed by atoms with Crippen LogP contribution < -0.4 is 48.8 Å². The minimum atomic E-state index is -1.91. The normalized spacial score (nSPS) is 10.8. The maximum atomic E-state index is 8.64. The summed E-state index contributed by atoms with van der Waals surface area (Å²) in [6.07, 6.45) is 0.757. The molecule has 6 aromatic rings. The molecule has 0 aliphatic heterocycles. The van der Waals surface area contributed by atoms with Crippen LogP contribution >= 0.6 is 31.1 Å². The van der Waals surface area contributed by atoms with Crippen molar-refractivity contribution in [2.24, 2.45) is 0 Å². The molecule has 292 valence electrons. The number of rotatable bonds is 10. The zero-order chi connectivity index (χ0) is 42.3. The summed E-state index contributed by atoms with van der Waals surface area (Å²) in [6.45, 7) is 11.4. The Kier molecular flexibility index (Phi) is 21.6. The van der Waals surface area contributed by atoms with Gasteiger partial charge in [-0.1, -0.05) is 190 Å². The van der Waals surface area contributed by atoms with Gasteiger partial charge >= 0.3 is 0 Å². The minimum absolute atomic E-state index is 0. The van der Waals surface area contributed by atoms with Gasteiger partial charge < -0.3 is 22.1 Å². The number of allylic oxidation sites excluding steroid dienone is 5. The van der Waals surface area contributed by atoms with Crippen molar-refractivity contribution in [2.75, 3.05) is 18.1 Å². The quantitative estimate of drug-likeness (QED) is 0.0830. The van der Waals surface area contributed by atoms with Crippen LogP contribution in [0.15, 0.2) is 217 Å². The van der Waals surface area contributed by atoms with Crippen molar-refractivity contribution in [1.29, 1.82) is 0 Å². The third-order valence-corrected chi connectivity index (χ3v) is 15.1. The predicted molar refractivity (Wildman–Crippen MR) is 254 cm³/mol. The largest absolute Gasteiger partial charge is 1.00 e. The zero-order valence-corrected chi connectivity index (χ0v) is 38.5. The highest BCUT2D eigenvalue weighted by Gasteiger charge is 2.44. The molecule has 0 amide bonds. The molecule has 1 nitrogen and oxygen atoms in total. The van der Waals surface area contributed by atoms with Gasteiger partial charge in [-0.15, -0.1) is 0 Å². The van der Waals surface area contributed by atoms with Crippen LogP contribution in [0, 0.1) is 0 Å². The van der Waals surface area contributed by atoms with Crippen LogP contribution in [-0.4, -0.2) is 23.2 Å². The second-order valence-corrected chi connectivity index (χ2v) is 19.4. The van der Waals surface area contributed by atoms with E-state index in [4.69, 9.17) is 9.22 Å². The number of aliphatic hydroxyl groups is 1. The Hall–Kier alpha value is -3.68. The fourth-order valence-corrected chi connectivity index (χ4v) is 12.4. The number of halogens is 2. The molecule has 0 aliphatic rings. The fourth-order valence-electron chi connectivity index (χ4n) is 5.52. The molecule has 0 fully saturated rings. The fraction of sp³-hybridized carbons (Fsp3) is 0.176. The van der Waals surface area contributed by atoms with E-state index in [9.17, 15) is 0 Å². The van der Waals surface area contributed by atoms with Crippen LogP contribution in [0.1, 0.15) is 45.7 Å². The highest BCUT2D eigenvalue weighted by Crippen LogP contribution is 2.55. The summed E-state index contributed by atoms with van der Waals surface area (Å²) in [5.41, 5.74) is 3.05. The minimum Gasteiger partial charge on any atom is -1.00 e. The molecule has 5 heteroatoms. The number of benzene rings is 6. The highest BCUT2D eigenvalue weighted by molar-refractivity contribution is 9.09. The molecule has 0 unspecified atom stereocenters. The lowest BCUT2D eigenvalue weighted by molar-refractivity contribution is -0.0000121. The van der Waals surface area contributed by atoms with E-state index in [1.54, 1.807) is 13.8 Å². The average molecular weight is 912 g/mol. The van der Waals surface area contributed by atoms with E-state index in [0.717, 1.165) is 28.9 Å². The molecule has 6 rings (SSSR count). The lowest BCUT2D eigenvalue weighted by Crippen LogP contribution is -3.00. The van der Waals surface area contributed by atoms with Gasteiger partial charge in [0, 0.05) is 5.33 Å². The van der Waals surface area contributed by atoms with Crippen LogP contribution in [-0.2, 0) is 0 Å². The van der Waals surface area contributed by atoms with Gasteiger partial charge in [-0.2, -0.15) is 0 Å². The summed E-state index contributed by atoms with van der Waals surface area (Å²) >= 11 is 3.17. The Morgan fingerprint density at radius 3 is 0.946 bits per heavy atom. The van der Waals surface area contributed by atoms with E-state index in [2.05, 4.69) is 198 Å². The lowest BCUT2D eigenvalue weighted by atomic mass is 10.3. The van der Waals surface area contributed by atoms with E-state index in [-0.39, 0.29) is 23.6 Å². The molecule has 0 saturated heterocycles. The van der Waals surface area contributed by atoms with Gasteiger partial charge in [-0.05, 0) is 108 Å². The van der Waals surface area contributed by atoms with Crippen molar-refractivity contribution in [3.8, 4) is 0 Å². The molecule has 0 saturated carbocycles. The van der Waals surface area contributed by atoms with Crippen molar-refractivity contribution in [3.63, 3.8) is 0 Å². The third kappa shape index (κ3) is 16.4. The molecule has 0 aromatic heterocycles. The van der Waals surface area contributed by atoms with E-state index in [0.29, 0.717) is 17.4 Å². The Bertz CT molecular complexity index is 1920. The monoisotopic (exact) mass is 909 g/mol. The molecule has 1 N–H and O–H groups in total. The summed E-state index contributed by atoms with van der Waals surface area (Å²) in [7, 11) is -2.35. The number of aliphatic hydroxyl groups excluding tert-OH is 1. The van der Waals surface area contributed by atoms with Crippen LogP contribution in [0.2, 0.25) is 0 Å². The Balaban J connectivity index is 0.000000310. The molecule has 0 radical (unpaired) electrons. The van der Waals surface area contributed by atoms with Gasteiger partial charge in [0.15, 0.2) is 0 Å². The molecule has 0 spiro atoms. The summed E-state index contributed by atoms with van der Waals surface area (Å²) in [6, 6.07) is 66.3. The van der Waals surface area contributed by atoms with Crippen molar-refractivity contribution in [3.05, 3.63) is 217 Å². The van der Waals surface area contributed by atoms with Crippen molar-refractivity contribution in [1.82, 2.24) is 0 Å². The number of hydrogen-bond donors (Lipinski definition) is 1. The lowest BCUT2D eigenvalue weighted by Gasteiger charge is -2.26. The third-order valence-electron chi connectivity index (χ3n) is 8.16. The maximum absolute atomic E-state index is 8.64. The first-order chi connectivity index (χ1) is 28.0. The number of hydrogen-bond acceptors (Lipinski definition) is 1. The van der Waals surface area contributed by atoms with Gasteiger partial charge in [0.05, 0.1) is 16.9 Å². The summed E-state index contributed by atoms with van der Waals surface area (Å²) < 4.78 is 22.7. The van der Waals surface area contributed by atoms with E-state index in [1.807, 2.05) is 27.7 Å². The first-order valence-corrected chi connectivity index (χ1v) is 23.0. The van der Waals surface area contributed by atoms with Crippen molar-refractivity contribution in [2.45, 2.75) is 41.5 Å². The van der Waals surface area contributed by atoms with Gasteiger partial charge in [0.1, 0.15) is 23.2 Å². The summed E-state index contributed by atoms with van der Waals surface area (Å²) in [4.78, 5) is 0. The first kappa shape index (κ1) is 43.4. The zero-order valence-electron chi connectivity index (χ0n) is 36.5. The molecule has 0 atom stereocenters. The van der Waals surface area contributed by atoms with E-state index in [1.165, 1.54) is 31.8 Å². The van der Waals surface area contributed by atoms with E-state index < -0.39 is 15.2 Å². The second kappa shape index (κ2) is 27.8. The van der Waals surface area contributed by atoms with Crippen LogP contribution in [0.3, 0.4) is 0 Å². The summed E-state index contributed by atoms with van der Waals surface area (Å²) in [5.74, 6) is 0. The maximum Gasteiger partial charge on any atom is 0.115 e. The van der Waals surface area contributed by atoms with Gasteiger partial charge in [0.25, 0.3) is 0 Å². The van der Waals surface area contributed by atoms with Crippen molar-refractivity contribution >= 4 is 62.9 Å². The second-order valence-electron chi connectivity index (χ2n) is 13.1. The smallest absolute Gasteiger partial charge is 0.115 e. The molecular formula is C51H58Br2OP2. The Morgan fingerprint density at radius 2 is 0.750 bits per heavy atom. The van der Waals surface area contributed by atoms with Gasteiger partial charge in [-0.3, -0.25) is 0 Å². The molecule has 0 bridgehead atoms. The van der Waals surface area contributed by atoms with E-state index >= 15 is 0 Å². The highest BCUT2D eigenvalue weighted by atomic mass is 79.9. The number of alkyl halides is 1. The molecule has 56 heavy (non-hydrogen) atoms. The first-order valence-electron chi connectivity index (χ1n) is 20.0. The van der Waals surface area contributed by atoms with Crippen LogP contribution in [0.25, 0.3) is 0 Å². The van der Waals surface area contributed by atoms with Crippen molar-refractivity contribution < 1.29 is 26.2 Å². The Morgan fingerprint density at radius 1 is 0.482 bits per heavy atom. The molecule has 0 heterocycles. The van der Waals surface area contributed by atoms with Crippen LogP contribution in [0.5, 0.6) is 0 Å². The van der Waals surface area contributed by atoms with Gasteiger partial charge in [0.2, 0.25) is 0 Å². The van der Waals surface area contributed by atoms with Crippen LogP contribution in [0.4, 0.5) is 0 Å². The average Bonchev–Trinajstić information content (AvgIpc) is 3.27. The molecule has 6 aromatic carbocycles.